The summed E-state index contributed by atoms with van der Waals surface area (Å²) in [5.74, 6) is -0.0801. The first kappa shape index (κ1) is 13.0. The third-order valence-corrected chi connectivity index (χ3v) is 3.61. The molecule has 0 aliphatic carbocycles. The number of benzene rings is 1. The van der Waals surface area contributed by atoms with E-state index < -0.39 is 0 Å². The van der Waals surface area contributed by atoms with E-state index in [-0.39, 0.29) is 11.9 Å². The number of carbonyl (C=O) groups excluding carboxylic acids is 1. The van der Waals surface area contributed by atoms with Gasteiger partial charge in [-0.05, 0) is 34.1 Å². The maximum atomic E-state index is 11.9. The van der Waals surface area contributed by atoms with Gasteiger partial charge >= 0.3 is 0 Å². The van der Waals surface area contributed by atoms with Gasteiger partial charge in [-0.15, -0.1) is 0 Å². The van der Waals surface area contributed by atoms with Crippen LogP contribution in [-0.4, -0.2) is 31.7 Å². The van der Waals surface area contributed by atoms with Crippen LogP contribution in [0.1, 0.15) is 0 Å². The van der Waals surface area contributed by atoms with E-state index in [1.165, 1.54) is 0 Å². The van der Waals surface area contributed by atoms with Crippen molar-refractivity contribution in [3.63, 3.8) is 0 Å². The number of nitrogens with one attached hydrogen (secondary N) is 2. The molecule has 1 amide bonds. The Morgan fingerprint density at radius 2 is 2.29 bits per heavy atom. The van der Waals surface area contributed by atoms with Gasteiger partial charge in [0, 0.05) is 15.5 Å². The van der Waals surface area contributed by atoms with Gasteiger partial charge in [0.25, 0.3) is 0 Å². The summed E-state index contributed by atoms with van der Waals surface area (Å²) in [6.45, 7) is 1.78. The van der Waals surface area contributed by atoms with Crippen molar-refractivity contribution >= 4 is 43.5 Å². The van der Waals surface area contributed by atoms with E-state index in [9.17, 15) is 4.79 Å². The lowest BCUT2D eigenvalue weighted by molar-refractivity contribution is -0.120. The molecule has 2 rings (SSSR count). The first-order valence-electron chi connectivity index (χ1n) is 5.24. The summed E-state index contributed by atoms with van der Waals surface area (Å²) in [6.07, 6.45) is 0. The fourth-order valence-electron chi connectivity index (χ4n) is 1.55. The molecule has 1 aliphatic rings. The molecule has 1 heterocycles. The van der Waals surface area contributed by atoms with Crippen molar-refractivity contribution in [3.05, 3.63) is 27.1 Å². The fourth-order valence-corrected chi connectivity index (χ4v) is 2.25. The quantitative estimate of drug-likeness (QED) is 0.846. The van der Waals surface area contributed by atoms with E-state index in [1.54, 1.807) is 0 Å². The standard InChI is InChI=1S/C11H12Br2N2O2/c12-7-1-2-8(13)9(5-7)15-11(16)10-6-17-4-3-14-10/h1-2,5,10,14H,3-4,6H2,(H,15,16). The first-order valence-corrected chi connectivity index (χ1v) is 6.82. The Balaban J connectivity index is 2.04. The Morgan fingerprint density at radius 3 is 3.00 bits per heavy atom. The number of rotatable bonds is 2. The van der Waals surface area contributed by atoms with Crippen molar-refractivity contribution in [2.24, 2.45) is 0 Å². The van der Waals surface area contributed by atoms with Gasteiger partial charge in [0.1, 0.15) is 6.04 Å². The van der Waals surface area contributed by atoms with Gasteiger partial charge in [0.15, 0.2) is 0 Å². The number of ether oxygens (including phenoxy) is 1. The minimum atomic E-state index is -0.283. The molecule has 92 valence electrons. The van der Waals surface area contributed by atoms with Gasteiger partial charge in [-0.3, -0.25) is 4.79 Å². The Kier molecular flexibility index (Phi) is 4.55. The van der Waals surface area contributed by atoms with Crippen LogP contribution in [0.4, 0.5) is 5.69 Å². The molecule has 2 N–H and O–H groups in total. The highest BCUT2D eigenvalue weighted by molar-refractivity contribution is 9.11. The molecule has 1 unspecified atom stereocenters. The Hall–Kier alpha value is -0.430. The third kappa shape index (κ3) is 3.51. The van der Waals surface area contributed by atoms with E-state index in [2.05, 4.69) is 42.5 Å². The van der Waals surface area contributed by atoms with Gasteiger partial charge in [0.2, 0.25) is 5.91 Å². The van der Waals surface area contributed by atoms with Gasteiger partial charge in [-0.1, -0.05) is 15.9 Å². The molecule has 17 heavy (non-hydrogen) atoms. The summed E-state index contributed by atoms with van der Waals surface area (Å²) in [4.78, 5) is 11.9. The SMILES string of the molecule is O=C(Nc1cc(Br)ccc1Br)C1COCCN1. The number of amides is 1. The van der Waals surface area contributed by atoms with Crippen LogP contribution >= 0.6 is 31.9 Å². The van der Waals surface area contributed by atoms with E-state index in [0.29, 0.717) is 19.8 Å². The minimum Gasteiger partial charge on any atom is -0.378 e. The molecule has 0 aromatic heterocycles. The number of halogens is 2. The van der Waals surface area contributed by atoms with Crippen LogP contribution in [0.2, 0.25) is 0 Å². The number of morpholine rings is 1. The molecule has 0 saturated carbocycles. The van der Waals surface area contributed by atoms with Crippen molar-refractivity contribution in [1.29, 1.82) is 0 Å². The molecule has 4 nitrogen and oxygen atoms in total. The summed E-state index contributed by atoms with van der Waals surface area (Å²) in [5.41, 5.74) is 0.747. The zero-order chi connectivity index (χ0) is 12.3. The highest BCUT2D eigenvalue weighted by Crippen LogP contribution is 2.26. The Morgan fingerprint density at radius 1 is 1.47 bits per heavy atom. The minimum absolute atomic E-state index is 0.0801. The zero-order valence-electron chi connectivity index (χ0n) is 9.00. The van der Waals surface area contributed by atoms with Crippen molar-refractivity contribution in [3.8, 4) is 0 Å². The van der Waals surface area contributed by atoms with Crippen LogP contribution in [0.5, 0.6) is 0 Å². The van der Waals surface area contributed by atoms with E-state index in [1.807, 2.05) is 18.2 Å². The Labute approximate surface area is 116 Å². The highest BCUT2D eigenvalue weighted by Gasteiger charge is 2.21. The lowest BCUT2D eigenvalue weighted by Gasteiger charge is -2.23. The average molecular weight is 364 g/mol. The lowest BCUT2D eigenvalue weighted by Crippen LogP contribution is -2.48. The van der Waals surface area contributed by atoms with Crippen molar-refractivity contribution in [2.45, 2.75) is 6.04 Å². The highest BCUT2D eigenvalue weighted by atomic mass is 79.9. The maximum absolute atomic E-state index is 11.9. The zero-order valence-corrected chi connectivity index (χ0v) is 12.2. The van der Waals surface area contributed by atoms with Crippen molar-refractivity contribution in [1.82, 2.24) is 5.32 Å². The van der Waals surface area contributed by atoms with Crippen LogP contribution < -0.4 is 10.6 Å². The molecule has 1 aromatic carbocycles. The number of hydrogen-bond donors (Lipinski definition) is 2. The van der Waals surface area contributed by atoms with Crippen molar-refractivity contribution in [2.75, 3.05) is 25.1 Å². The molecule has 1 aromatic rings. The molecule has 1 atom stereocenters. The van der Waals surface area contributed by atoms with Crippen LogP contribution in [0.15, 0.2) is 27.1 Å². The summed E-state index contributed by atoms with van der Waals surface area (Å²) in [6, 6.07) is 5.35. The van der Waals surface area contributed by atoms with Crippen LogP contribution in [0.3, 0.4) is 0 Å². The molecule has 1 saturated heterocycles. The molecule has 0 spiro atoms. The predicted octanol–water partition coefficient (Wildman–Crippen LogP) is 2.14. The molecule has 0 radical (unpaired) electrons. The normalized spacial score (nSPS) is 20.0. The van der Waals surface area contributed by atoms with Crippen LogP contribution in [-0.2, 0) is 9.53 Å². The van der Waals surface area contributed by atoms with Gasteiger partial charge in [-0.25, -0.2) is 0 Å². The first-order chi connectivity index (χ1) is 8.16. The number of carbonyl (C=O) groups is 1. The smallest absolute Gasteiger partial charge is 0.243 e. The summed E-state index contributed by atoms with van der Waals surface area (Å²) in [5, 5.41) is 5.97. The van der Waals surface area contributed by atoms with E-state index in [4.69, 9.17) is 4.74 Å². The summed E-state index contributed by atoms with van der Waals surface area (Å²) >= 11 is 6.77. The molecule has 1 aliphatic heterocycles. The topological polar surface area (TPSA) is 50.4 Å². The Bertz CT molecular complexity index is 420. The van der Waals surface area contributed by atoms with Crippen LogP contribution in [0, 0.1) is 0 Å². The second-order valence-corrected chi connectivity index (χ2v) is 5.47. The van der Waals surface area contributed by atoms with E-state index >= 15 is 0 Å². The molecular weight excluding hydrogens is 352 g/mol. The second kappa shape index (κ2) is 5.95. The lowest BCUT2D eigenvalue weighted by atomic mass is 10.2. The predicted molar refractivity (Wildman–Crippen MR) is 73.1 cm³/mol. The summed E-state index contributed by atoms with van der Waals surface area (Å²) in [7, 11) is 0. The van der Waals surface area contributed by atoms with Gasteiger partial charge in [0.05, 0.1) is 18.9 Å². The number of anilines is 1. The molecule has 1 fully saturated rings. The van der Waals surface area contributed by atoms with Crippen molar-refractivity contribution < 1.29 is 9.53 Å². The fraction of sp³-hybridized carbons (Fsp3) is 0.364. The van der Waals surface area contributed by atoms with Gasteiger partial charge < -0.3 is 15.4 Å². The maximum Gasteiger partial charge on any atom is 0.243 e. The third-order valence-electron chi connectivity index (χ3n) is 2.42. The summed E-state index contributed by atoms with van der Waals surface area (Å²) < 4.78 is 7.02. The van der Waals surface area contributed by atoms with E-state index in [0.717, 1.165) is 14.6 Å². The number of hydrogen-bond acceptors (Lipinski definition) is 3. The molecule has 0 bridgehead atoms. The average Bonchev–Trinajstić information content (AvgIpc) is 2.35. The van der Waals surface area contributed by atoms with Crippen LogP contribution in [0.25, 0.3) is 0 Å². The molecular formula is C11H12Br2N2O2. The largest absolute Gasteiger partial charge is 0.378 e. The van der Waals surface area contributed by atoms with Gasteiger partial charge in [-0.2, -0.15) is 0 Å². The second-order valence-electron chi connectivity index (χ2n) is 3.70. The monoisotopic (exact) mass is 362 g/mol. The molecule has 6 heteroatoms.